The maximum absolute atomic E-state index is 13.5. The number of amides is 3. The molecule has 8 N–H and O–H groups in total. The Kier molecular flexibility index (Phi) is 11.3. The Morgan fingerprint density at radius 3 is 2.12 bits per heavy atom. The Bertz CT molecular complexity index is 1510. The molecule has 0 aliphatic carbocycles. The van der Waals surface area contributed by atoms with Crippen molar-refractivity contribution >= 4 is 33.6 Å². The number of nitrogen functional groups attached to an aromatic ring is 1. The highest BCUT2D eigenvalue weighted by Gasteiger charge is 2.29. The lowest BCUT2D eigenvalue weighted by Crippen LogP contribution is -2.54. The van der Waals surface area contributed by atoms with Gasteiger partial charge in [0, 0.05) is 18.5 Å². The second-order valence-electron chi connectivity index (χ2n) is 9.74. The topological polar surface area (TPSA) is 197 Å². The first-order valence-corrected chi connectivity index (χ1v) is 15.1. The third-order valence-corrected chi connectivity index (χ3v) is 7.94. The third-order valence-electron chi connectivity index (χ3n) is 6.54. The van der Waals surface area contributed by atoms with Crippen LogP contribution in [0.4, 0.5) is 0 Å². The number of hydrogen-bond acceptors (Lipinski definition) is 6. The number of rotatable bonds is 15. The fourth-order valence-corrected chi connectivity index (χ4v) is 4.96. The van der Waals surface area contributed by atoms with Crippen LogP contribution in [0, 0.1) is 5.41 Å². The number of nitrogens with one attached hydrogen (secondary N) is 4. The van der Waals surface area contributed by atoms with Crippen LogP contribution < -0.4 is 26.8 Å². The zero-order chi connectivity index (χ0) is 30.7. The predicted molar refractivity (Wildman–Crippen MR) is 162 cm³/mol. The van der Waals surface area contributed by atoms with Crippen LogP contribution in [0.2, 0.25) is 0 Å². The normalized spacial score (nSPS) is 12.6. The highest BCUT2D eigenvalue weighted by molar-refractivity contribution is 7.89. The van der Waals surface area contributed by atoms with E-state index in [2.05, 4.69) is 15.4 Å². The van der Waals surface area contributed by atoms with Gasteiger partial charge < -0.3 is 22.1 Å². The number of sulfonamides is 1. The van der Waals surface area contributed by atoms with E-state index < -0.39 is 39.8 Å². The smallest absolute Gasteiger partial charge is 0.242 e. The fourth-order valence-electron chi connectivity index (χ4n) is 4.17. The minimum absolute atomic E-state index is 0.0262. The van der Waals surface area contributed by atoms with E-state index in [0.717, 1.165) is 16.7 Å². The molecule has 3 rings (SSSR count). The molecule has 3 aromatic carbocycles. The van der Waals surface area contributed by atoms with Gasteiger partial charge in [0.25, 0.3) is 0 Å². The van der Waals surface area contributed by atoms with Crippen LogP contribution in [0.25, 0.3) is 11.1 Å². The summed E-state index contributed by atoms with van der Waals surface area (Å²) in [6.45, 7) is 1.57. The van der Waals surface area contributed by atoms with E-state index in [1.165, 1.54) is 6.92 Å². The lowest BCUT2D eigenvalue weighted by molar-refractivity contribution is -0.130. The van der Waals surface area contributed by atoms with Crippen molar-refractivity contribution in [1.82, 2.24) is 15.4 Å². The fraction of sp³-hybridized carbons (Fsp3) is 0.267. The van der Waals surface area contributed by atoms with Gasteiger partial charge in [-0.3, -0.25) is 19.8 Å². The molecule has 12 heteroatoms. The summed E-state index contributed by atoms with van der Waals surface area (Å²) in [5.41, 5.74) is 14.6. The lowest BCUT2D eigenvalue weighted by Gasteiger charge is -2.23. The molecule has 3 amide bonds. The quantitative estimate of drug-likeness (QED) is 0.114. The van der Waals surface area contributed by atoms with Crippen molar-refractivity contribution in [3.8, 4) is 11.1 Å². The molecule has 11 nitrogen and oxygen atoms in total. The summed E-state index contributed by atoms with van der Waals surface area (Å²) in [6.07, 6.45) is -0.221. The van der Waals surface area contributed by atoms with Gasteiger partial charge >= 0.3 is 0 Å². The van der Waals surface area contributed by atoms with Crippen molar-refractivity contribution < 1.29 is 22.8 Å². The SMILES string of the molecule is CCS(=O)(=O)NC(Cc1cccc(-c2ccccc2)c1)C(=O)NC(CCC(N)=O)C(=O)NCc1ccc(C(=N)N)cc1. The minimum Gasteiger partial charge on any atom is -0.384 e. The monoisotopic (exact) mass is 592 g/mol. The van der Waals surface area contributed by atoms with Crippen LogP contribution in [-0.2, 0) is 37.4 Å². The van der Waals surface area contributed by atoms with E-state index in [9.17, 15) is 22.8 Å². The number of hydrogen-bond donors (Lipinski definition) is 6. The molecule has 3 aromatic rings. The summed E-state index contributed by atoms with van der Waals surface area (Å²) >= 11 is 0. The number of amidine groups is 1. The number of nitrogens with two attached hydrogens (primary N) is 2. The summed E-state index contributed by atoms with van der Waals surface area (Å²) < 4.78 is 27.4. The Hall–Kier alpha value is -4.55. The first kappa shape index (κ1) is 32.0. The minimum atomic E-state index is -3.79. The van der Waals surface area contributed by atoms with Gasteiger partial charge in [-0.25, -0.2) is 13.1 Å². The van der Waals surface area contributed by atoms with Gasteiger partial charge in [0.15, 0.2) is 0 Å². The highest BCUT2D eigenvalue weighted by atomic mass is 32.2. The van der Waals surface area contributed by atoms with Crippen LogP contribution in [-0.4, -0.2) is 49.8 Å². The molecule has 0 saturated carbocycles. The van der Waals surface area contributed by atoms with Crippen LogP contribution in [0.3, 0.4) is 0 Å². The Labute approximate surface area is 245 Å². The van der Waals surface area contributed by atoms with Crippen molar-refractivity contribution in [2.24, 2.45) is 11.5 Å². The molecule has 0 aliphatic heterocycles. The summed E-state index contributed by atoms with van der Waals surface area (Å²) in [6, 6.07) is 21.4. The molecule has 2 atom stereocenters. The molecule has 0 heterocycles. The average Bonchev–Trinajstić information content (AvgIpc) is 2.98. The van der Waals surface area contributed by atoms with E-state index in [-0.39, 0.29) is 37.4 Å². The molecule has 0 saturated heterocycles. The molecular weight excluding hydrogens is 556 g/mol. The zero-order valence-electron chi connectivity index (χ0n) is 23.3. The van der Waals surface area contributed by atoms with Crippen molar-refractivity contribution in [3.63, 3.8) is 0 Å². The standard InChI is InChI=1S/C30H36N6O5S/c1-2-42(40,41)36-26(18-21-7-6-10-24(17-21)22-8-4-3-5-9-22)30(39)35-25(15-16-27(31)37)29(38)34-19-20-11-13-23(14-12-20)28(32)33/h3-14,17,25-26,36H,2,15-16,18-19H2,1H3,(H2,31,37)(H3,32,33)(H,34,38)(H,35,39). The Balaban J connectivity index is 1.78. The predicted octanol–water partition coefficient (Wildman–Crippen LogP) is 1.55. The summed E-state index contributed by atoms with van der Waals surface area (Å²) in [5.74, 6) is -2.26. The first-order chi connectivity index (χ1) is 20.0. The van der Waals surface area contributed by atoms with Crippen LogP contribution in [0.5, 0.6) is 0 Å². The summed E-state index contributed by atoms with van der Waals surface area (Å²) in [4.78, 5) is 38.0. The lowest BCUT2D eigenvalue weighted by atomic mass is 9.99. The molecular formula is C30H36N6O5S. The molecule has 0 radical (unpaired) electrons. The van der Waals surface area contributed by atoms with Gasteiger partial charge in [0.2, 0.25) is 27.7 Å². The molecule has 0 fully saturated rings. The average molecular weight is 593 g/mol. The van der Waals surface area contributed by atoms with E-state index >= 15 is 0 Å². The molecule has 0 aliphatic rings. The molecule has 0 spiro atoms. The van der Waals surface area contributed by atoms with Crippen molar-refractivity contribution in [3.05, 3.63) is 95.6 Å². The number of carbonyl (C=O) groups is 3. The number of benzene rings is 3. The van der Waals surface area contributed by atoms with Gasteiger partial charge in [-0.05, 0) is 42.0 Å². The van der Waals surface area contributed by atoms with E-state index in [0.29, 0.717) is 11.1 Å². The van der Waals surface area contributed by atoms with Gasteiger partial charge in [-0.15, -0.1) is 0 Å². The maximum atomic E-state index is 13.5. The van der Waals surface area contributed by atoms with Gasteiger partial charge in [0.05, 0.1) is 5.75 Å². The van der Waals surface area contributed by atoms with Gasteiger partial charge in [-0.2, -0.15) is 0 Å². The summed E-state index contributed by atoms with van der Waals surface area (Å²) in [5, 5.41) is 12.8. The van der Waals surface area contributed by atoms with Gasteiger partial charge in [-0.1, -0.05) is 78.9 Å². The number of carbonyl (C=O) groups excluding carboxylic acids is 3. The van der Waals surface area contributed by atoms with Crippen molar-refractivity contribution in [2.75, 3.05) is 5.75 Å². The van der Waals surface area contributed by atoms with E-state index in [4.69, 9.17) is 16.9 Å². The first-order valence-electron chi connectivity index (χ1n) is 13.4. The van der Waals surface area contributed by atoms with Gasteiger partial charge in [0.1, 0.15) is 17.9 Å². The second kappa shape index (κ2) is 14.9. The summed E-state index contributed by atoms with van der Waals surface area (Å²) in [7, 11) is -3.79. The van der Waals surface area contributed by atoms with Crippen LogP contribution >= 0.6 is 0 Å². The molecule has 2 unspecified atom stereocenters. The van der Waals surface area contributed by atoms with E-state index in [1.54, 1.807) is 30.3 Å². The zero-order valence-corrected chi connectivity index (χ0v) is 24.1. The number of primary amides is 1. The molecule has 0 bridgehead atoms. The van der Waals surface area contributed by atoms with Crippen molar-refractivity contribution in [2.45, 2.75) is 44.8 Å². The largest absolute Gasteiger partial charge is 0.384 e. The molecule has 222 valence electrons. The maximum Gasteiger partial charge on any atom is 0.242 e. The Morgan fingerprint density at radius 2 is 1.50 bits per heavy atom. The highest BCUT2D eigenvalue weighted by Crippen LogP contribution is 2.21. The van der Waals surface area contributed by atoms with Crippen LogP contribution in [0.15, 0.2) is 78.9 Å². The third kappa shape index (κ3) is 9.82. The van der Waals surface area contributed by atoms with E-state index in [1.807, 2.05) is 48.5 Å². The molecule has 0 aromatic heterocycles. The second-order valence-corrected chi connectivity index (χ2v) is 11.8. The van der Waals surface area contributed by atoms with Crippen LogP contribution in [0.1, 0.15) is 36.5 Å². The Morgan fingerprint density at radius 1 is 0.833 bits per heavy atom. The molecule has 42 heavy (non-hydrogen) atoms. The van der Waals surface area contributed by atoms with Crippen molar-refractivity contribution in [1.29, 1.82) is 5.41 Å².